The summed E-state index contributed by atoms with van der Waals surface area (Å²) in [5.74, 6) is 0.997. The lowest BCUT2D eigenvalue weighted by atomic mass is 10.2. The Morgan fingerprint density at radius 2 is 1.89 bits per heavy atom. The van der Waals surface area contributed by atoms with E-state index < -0.39 is 0 Å². The van der Waals surface area contributed by atoms with Gasteiger partial charge in [0.05, 0.1) is 23.3 Å². The maximum Gasteiger partial charge on any atom is 0.227 e. The van der Waals surface area contributed by atoms with Gasteiger partial charge in [0.1, 0.15) is 18.0 Å². The number of anilines is 1. The van der Waals surface area contributed by atoms with Crippen LogP contribution in [0.4, 0.5) is 10.3 Å². The third-order valence-corrected chi connectivity index (χ3v) is 4.58. The molecule has 1 atom stereocenters. The summed E-state index contributed by atoms with van der Waals surface area (Å²) in [6.07, 6.45) is 3.16. The average molecular weight is 373 g/mol. The lowest BCUT2D eigenvalue weighted by Crippen LogP contribution is -2.16. The van der Waals surface area contributed by atoms with E-state index >= 15 is 0 Å². The number of rotatable bonds is 4. The van der Waals surface area contributed by atoms with E-state index in [-0.39, 0.29) is 11.9 Å². The summed E-state index contributed by atoms with van der Waals surface area (Å²) < 4.78 is 17.5. The van der Waals surface area contributed by atoms with Crippen molar-refractivity contribution in [3.63, 3.8) is 0 Å². The van der Waals surface area contributed by atoms with Gasteiger partial charge in [-0.15, -0.1) is 0 Å². The number of hydrogen-bond acceptors (Lipinski definition) is 5. The van der Waals surface area contributed by atoms with Crippen LogP contribution < -0.4 is 5.32 Å². The van der Waals surface area contributed by atoms with Crippen LogP contribution in [0.3, 0.4) is 0 Å². The molecule has 2 aromatic carbocycles. The number of hydrogen-bond donors (Lipinski definition) is 1. The molecular weight excluding hydrogens is 357 g/mol. The molecule has 0 spiro atoms. The van der Waals surface area contributed by atoms with E-state index in [0.717, 1.165) is 17.0 Å². The molecule has 8 heteroatoms. The Hall–Kier alpha value is -3.81. The molecule has 0 saturated carbocycles. The molecule has 1 unspecified atom stereocenters. The number of fused-ring (bicyclic) bond motifs is 2. The number of benzene rings is 2. The fourth-order valence-corrected chi connectivity index (χ4v) is 3.32. The van der Waals surface area contributed by atoms with Gasteiger partial charge < -0.3 is 5.32 Å². The van der Waals surface area contributed by atoms with Crippen molar-refractivity contribution in [1.82, 2.24) is 29.1 Å². The molecule has 1 N–H and O–H groups in total. The highest BCUT2D eigenvalue weighted by molar-refractivity contribution is 5.78. The molecule has 0 radical (unpaired) electrons. The van der Waals surface area contributed by atoms with Crippen LogP contribution in [0.5, 0.6) is 0 Å². The number of halogens is 1. The average Bonchev–Trinajstić information content (AvgIpc) is 3.33. The molecule has 0 saturated heterocycles. The summed E-state index contributed by atoms with van der Waals surface area (Å²) in [4.78, 5) is 13.2. The maximum atomic E-state index is 13.9. The van der Waals surface area contributed by atoms with Crippen molar-refractivity contribution >= 4 is 22.6 Å². The van der Waals surface area contributed by atoms with Gasteiger partial charge in [0.2, 0.25) is 5.95 Å². The summed E-state index contributed by atoms with van der Waals surface area (Å²) in [6, 6.07) is 16.0. The van der Waals surface area contributed by atoms with E-state index in [9.17, 15) is 4.39 Å². The van der Waals surface area contributed by atoms with E-state index in [2.05, 4.69) is 20.4 Å². The van der Waals surface area contributed by atoms with Crippen molar-refractivity contribution in [2.75, 3.05) is 5.32 Å². The van der Waals surface area contributed by atoms with Gasteiger partial charge in [0.15, 0.2) is 5.65 Å². The van der Waals surface area contributed by atoms with Crippen LogP contribution in [0.25, 0.3) is 22.4 Å². The predicted octanol–water partition coefficient (Wildman–Crippen LogP) is 3.78. The van der Waals surface area contributed by atoms with Crippen molar-refractivity contribution in [2.45, 2.75) is 13.0 Å². The smallest absolute Gasteiger partial charge is 0.227 e. The molecule has 0 fully saturated rings. The van der Waals surface area contributed by atoms with E-state index in [0.29, 0.717) is 17.1 Å². The van der Waals surface area contributed by atoms with Crippen molar-refractivity contribution in [3.8, 4) is 5.69 Å². The summed E-state index contributed by atoms with van der Waals surface area (Å²) in [7, 11) is 0. The lowest BCUT2D eigenvalue weighted by molar-refractivity contribution is 0.629. The second-order valence-corrected chi connectivity index (χ2v) is 6.44. The molecule has 3 aromatic heterocycles. The van der Waals surface area contributed by atoms with E-state index in [4.69, 9.17) is 4.98 Å². The Morgan fingerprint density at radius 3 is 2.75 bits per heavy atom. The zero-order valence-electron chi connectivity index (χ0n) is 15.0. The first-order valence-electron chi connectivity index (χ1n) is 8.85. The first-order chi connectivity index (χ1) is 13.7. The molecule has 5 rings (SSSR count). The van der Waals surface area contributed by atoms with Crippen LogP contribution in [0.2, 0.25) is 0 Å². The highest BCUT2D eigenvalue weighted by Crippen LogP contribution is 2.27. The second kappa shape index (κ2) is 6.41. The fourth-order valence-electron chi connectivity index (χ4n) is 3.32. The summed E-state index contributed by atoms with van der Waals surface area (Å²) in [5.41, 5.74) is 3.04. The minimum atomic E-state index is -0.300. The number of imidazole rings is 1. The molecule has 0 aliphatic rings. The third kappa shape index (κ3) is 2.66. The maximum absolute atomic E-state index is 13.9. The number of nitrogens with one attached hydrogen (secondary N) is 1. The zero-order chi connectivity index (χ0) is 19.1. The first kappa shape index (κ1) is 16.4. The highest BCUT2D eigenvalue weighted by atomic mass is 19.1. The van der Waals surface area contributed by atoms with Gasteiger partial charge in [-0.3, -0.25) is 4.57 Å². The lowest BCUT2D eigenvalue weighted by Gasteiger charge is -2.17. The normalized spacial score (nSPS) is 12.5. The minimum absolute atomic E-state index is 0.224. The van der Waals surface area contributed by atoms with E-state index in [1.54, 1.807) is 22.8 Å². The van der Waals surface area contributed by atoms with Crippen molar-refractivity contribution in [1.29, 1.82) is 0 Å². The van der Waals surface area contributed by atoms with Gasteiger partial charge in [-0.2, -0.15) is 9.61 Å². The molecule has 3 heterocycles. The molecule has 0 amide bonds. The van der Waals surface area contributed by atoms with Crippen LogP contribution in [0, 0.1) is 5.82 Å². The predicted molar refractivity (Wildman–Crippen MR) is 104 cm³/mol. The van der Waals surface area contributed by atoms with Gasteiger partial charge in [-0.25, -0.2) is 19.3 Å². The summed E-state index contributed by atoms with van der Waals surface area (Å²) >= 11 is 0. The molecule has 28 heavy (non-hydrogen) atoms. The monoisotopic (exact) mass is 373 g/mol. The fraction of sp³-hybridized carbons (Fsp3) is 0.100. The highest BCUT2D eigenvalue weighted by Gasteiger charge is 2.19. The molecule has 0 bridgehead atoms. The van der Waals surface area contributed by atoms with Gasteiger partial charge in [-0.1, -0.05) is 18.2 Å². The van der Waals surface area contributed by atoms with Crippen LogP contribution in [-0.4, -0.2) is 29.1 Å². The van der Waals surface area contributed by atoms with Gasteiger partial charge in [0, 0.05) is 17.8 Å². The Morgan fingerprint density at radius 1 is 1.04 bits per heavy atom. The molecular formula is C20H16FN7. The molecule has 7 nitrogen and oxygen atoms in total. The van der Waals surface area contributed by atoms with Crippen molar-refractivity contribution in [2.24, 2.45) is 0 Å². The molecule has 0 aliphatic heterocycles. The second-order valence-electron chi connectivity index (χ2n) is 6.44. The number of para-hydroxylation sites is 1. The number of aromatic nitrogens is 6. The minimum Gasteiger partial charge on any atom is -0.344 e. The van der Waals surface area contributed by atoms with Gasteiger partial charge in [0.25, 0.3) is 0 Å². The van der Waals surface area contributed by atoms with Gasteiger partial charge in [-0.05, 0) is 31.2 Å². The largest absolute Gasteiger partial charge is 0.344 e. The van der Waals surface area contributed by atoms with E-state index in [1.165, 1.54) is 18.5 Å². The Labute approximate surface area is 159 Å². The summed E-state index contributed by atoms with van der Waals surface area (Å²) in [6.45, 7) is 1.98. The van der Waals surface area contributed by atoms with Crippen molar-refractivity contribution in [3.05, 3.63) is 78.8 Å². The Balaban J connectivity index is 1.64. The Bertz CT molecular complexity index is 1280. The zero-order valence-corrected chi connectivity index (χ0v) is 15.0. The van der Waals surface area contributed by atoms with Crippen LogP contribution in [0.1, 0.15) is 18.8 Å². The standard InChI is InChI=1S/C20H16FN7/c1-13(25-20-23-12-22-18-9-10-24-28(18)20)19-26-16-8-7-14(21)11-17(16)27(19)15-5-3-2-4-6-15/h2-13H,1H3,(H,22,23,25). The van der Waals surface area contributed by atoms with Crippen LogP contribution in [0.15, 0.2) is 67.1 Å². The van der Waals surface area contributed by atoms with Gasteiger partial charge >= 0.3 is 0 Å². The first-order valence-corrected chi connectivity index (χ1v) is 8.85. The molecule has 0 aliphatic carbocycles. The van der Waals surface area contributed by atoms with E-state index in [1.807, 2.05) is 41.8 Å². The third-order valence-electron chi connectivity index (χ3n) is 4.58. The SMILES string of the molecule is CC(Nc1ncnc2ccnn12)c1nc2ccc(F)cc2n1-c1ccccc1. The summed E-state index contributed by atoms with van der Waals surface area (Å²) in [5, 5.41) is 7.60. The van der Waals surface area contributed by atoms with Crippen LogP contribution in [-0.2, 0) is 0 Å². The molecule has 5 aromatic rings. The molecule has 138 valence electrons. The van der Waals surface area contributed by atoms with Crippen molar-refractivity contribution < 1.29 is 4.39 Å². The Kier molecular flexibility index (Phi) is 3.75. The number of nitrogens with zero attached hydrogens (tertiary/aromatic N) is 6. The van der Waals surface area contributed by atoms with Crippen LogP contribution >= 0.6 is 0 Å². The quantitative estimate of drug-likeness (QED) is 0.519. The topological polar surface area (TPSA) is 72.9 Å².